The van der Waals surface area contributed by atoms with Crippen LogP contribution in [0.3, 0.4) is 0 Å². The Kier molecular flexibility index (Phi) is 4.53. The fourth-order valence-corrected chi connectivity index (χ4v) is 3.83. The van der Waals surface area contributed by atoms with Crippen molar-refractivity contribution in [3.8, 4) is 0 Å². The molecular formula is C12H17ClN2O4S. The van der Waals surface area contributed by atoms with Gasteiger partial charge >= 0.3 is 0 Å². The van der Waals surface area contributed by atoms with Crippen LogP contribution < -0.4 is 10.3 Å². The van der Waals surface area contributed by atoms with E-state index in [0.29, 0.717) is 0 Å². The molecule has 1 aromatic heterocycles. The lowest BCUT2D eigenvalue weighted by Crippen LogP contribution is -2.38. The summed E-state index contributed by atoms with van der Waals surface area (Å²) in [6.07, 6.45) is 4.70. The molecule has 3 N–H and O–H groups in total. The van der Waals surface area contributed by atoms with Crippen LogP contribution in [0.25, 0.3) is 0 Å². The normalized spacial score (nSPS) is 18.3. The van der Waals surface area contributed by atoms with E-state index in [2.05, 4.69) is 9.71 Å². The number of hydrogen-bond acceptors (Lipinski definition) is 4. The Balaban J connectivity index is 2.15. The highest BCUT2D eigenvalue weighted by molar-refractivity contribution is 7.89. The molecular weight excluding hydrogens is 304 g/mol. The summed E-state index contributed by atoms with van der Waals surface area (Å²) in [5, 5.41) is 9.29. The molecule has 0 radical (unpaired) electrons. The van der Waals surface area contributed by atoms with Gasteiger partial charge in [0, 0.05) is 24.8 Å². The summed E-state index contributed by atoms with van der Waals surface area (Å²) in [5.41, 5.74) is -0.910. The van der Waals surface area contributed by atoms with Crippen molar-refractivity contribution in [3.63, 3.8) is 0 Å². The third-order valence-electron chi connectivity index (χ3n) is 3.78. The largest absolute Gasteiger partial charge is 0.396 e. The number of rotatable bonds is 5. The molecule has 0 aliphatic heterocycles. The molecule has 20 heavy (non-hydrogen) atoms. The third kappa shape index (κ3) is 3.22. The zero-order chi connectivity index (χ0) is 14.8. The number of halogens is 1. The van der Waals surface area contributed by atoms with Gasteiger partial charge in [-0.1, -0.05) is 24.4 Å². The van der Waals surface area contributed by atoms with Crippen molar-refractivity contribution in [2.24, 2.45) is 5.41 Å². The molecule has 0 saturated heterocycles. The van der Waals surface area contributed by atoms with Crippen molar-refractivity contribution < 1.29 is 13.5 Å². The van der Waals surface area contributed by atoms with Crippen LogP contribution in [0.2, 0.25) is 5.02 Å². The van der Waals surface area contributed by atoms with Crippen molar-refractivity contribution in [1.82, 2.24) is 9.71 Å². The van der Waals surface area contributed by atoms with E-state index in [1.807, 2.05) is 0 Å². The van der Waals surface area contributed by atoms with Crippen LogP contribution in [0.5, 0.6) is 0 Å². The SMILES string of the molecule is O=c1[nH]cc(S(=O)(=O)NCC2(CO)CCCC2)cc1Cl. The Bertz CT molecular complexity index is 635. The van der Waals surface area contributed by atoms with Crippen molar-refractivity contribution in [2.45, 2.75) is 30.6 Å². The van der Waals surface area contributed by atoms with Gasteiger partial charge in [-0.25, -0.2) is 13.1 Å². The molecule has 1 aromatic rings. The summed E-state index contributed by atoms with van der Waals surface area (Å²) < 4.78 is 26.8. The number of aromatic amines is 1. The van der Waals surface area contributed by atoms with E-state index in [1.54, 1.807) is 0 Å². The lowest BCUT2D eigenvalue weighted by atomic mass is 9.88. The van der Waals surface area contributed by atoms with E-state index in [4.69, 9.17) is 11.6 Å². The topological polar surface area (TPSA) is 99.3 Å². The maximum atomic E-state index is 12.1. The van der Waals surface area contributed by atoms with Gasteiger partial charge < -0.3 is 10.1 Å². The first-order chi connectivity index (χ1) is 9.38. The maximum Gasteiger partial charge on any atom is 0.266 e. The fourth-order valence-electron chi connectivity index (χ4n) is 2.44. The van der Waals surface area contributed by atoms with Gasteiger partial charge in [0.2, 0.25) is 10.0 Å². The Hall–Kier alpha value is -0.890. The Morgan fingerprint density at radius 1 is 1.40 bits per heavy atom. The van der Waals surface area contributed by atoms with E-state index in [1.165, 1.54) is 0 Å². The number of aliphatic hydroxyl groups excluding tert-OH is 1. The maximum absolute atomic E-state index is 12.1. The lowest BCUT2D eigenvalue weighted by Gasteiger charge is -2.26. The summed E-state index contributed by atoms with van der Waals surface area (Å²) in [5.74, 6) is 0. The van der Waals surface area contributed by atoms with Gasteiger partial charge in [0.25, 0.3) is 5.56 Å². The van der Waals surface area contributed by atoms with Crippen molar-refractivity contribution in [1.29, 1.82) is 0 Å². The van der Waals surface area contributed by atoms with Gasteiger partial charge in [-0.05, 0) is 18.9 Å². The van der Waals surface area contributed by atoms with Gasteiger partial charge in [0.05, 0.1) is 4.90 Å². The first-order valence-corrected chi connectivity index (χ1v) is 8.23. The molecule has 112 valence electrons. The third-order valence-corrected chi connectivity index (χ3v) is 5.44. The molecule has 1 saturated carbocycles. The van der Waals surface area contributed by atoms with Gasteiger partial charge in [0.1, 0.15) is 5.02 Å². The van der Waals surface area contributed by atoms with Crippen molar-refractivity contribution >= 4 is 21.6 Å². The highest BCUT2D eigenvalue weighted by Gasteiger charge is 2.34. The van der Waals surface area contributed by atoms with Gasteiger partial charge in [-0.2, -0.15) is 0 Å². The molecule has 8 heteroatoms. The van der Waals surface area contributed by atoms with E-state index in [9.17, 15) is 18.3 Å². The average Bonchev–Trinajstić information content (AvgIpc) is 2.89. The summed E-state index contributed by atoms with van der Waals surface area (Å²) in [6.45, 7) is 0.143. The molecule has 0 amide bonds. The van der Waals surface area contributed by atoms with Crippen molar-refractivity contribution in [2.75, 3.05) is 13.2 Å². The Morgan fingerprint density at radius 2 is 2.05 bits per heavy atom. The molecule has 0 spiro atoms. The molecule has 0 bridgehead atoms. The minimum atomic E-state index is -3.75. The molecule has 0 aromatic carbocycles. The smallest absolute Gasteiger partial charge is 0.266 e. The molecule has 2 rings (SSSR count). The predicted molar refractivity (Wildman–Crippen MR) is 75.2 cm³/mol. The summed E-state index contributed by atoms with van der Waals surface area (Å²) in [6, 6.07) is 1.11. The first kappa shape index (κ1) is 15.5. The van der Waals surface area contributed by atoms with E-state index >= 15 is 0 Å². The molecule has 0 atom stereocenters. The number of sulfonamides is 1. The zero-order valence-corrected chi connectivity index (χ0v) is 12.4. The van der Waals surface area contributed by atoms with Crippen LogP contribution in [-0.4, -0.2) is 31.7 Å². The number of nitrogens with one attached hydrogen (secondary N) is 2. The second-order valence-electron chi connectivity index (χ2n) is 5.20. The van der Waals surface area contributed by atoms with Crippen LogP contribution >= 0.6 is 11.6 Å². The summed E-state index contributed by atoms with van der Waals surface area (Å²) >= 11 is 5.63. The highest BCUT2D eigenvalue weighted by Crippen LogP contribution is 2.37. The van der Waals surface area contributed by atoms with Crippen molar-refractivity contribution in [3.05, 3.63) is 27.6 Å². The second kappa shape index (κ2) is 5.85. The highest BCUT2D eigenvalue weighted by atomic mass is 35.5. The molecule has 0 unspecified atom stereocenters. The standard InChI is InChI=1S/C12H17ClN2O4S/c13-10-5-9(6-14-11(10)17)20(18,19)15-7-12(8-16)3-1-2-4-12/h5-6,15-16H,1-4,7-8H2,(H,14,17). The first-order valence-electron chi connectivity index (χ1n) is 6.37. The summed E-state index contributed by atoms with van der Waals surface area (Å²) in [4.78, 5) is 13.3. The van der Waals surface area contributed by atoms with Crippen LogP contribution in [0.4, 0.5) is 0 Å². The number of aromatic nitrogens is 1. The predicted octanol–water partition coefficient (Wildman–Crippen LogP) is 0.859. The van der Waals surface area contributed by atoms with Crippen LogP contribution in [0.1, 0.15) is 25.7 Å². The average molecular weight is 321 g/mol. The quantitative estimate of drug-likeness (QED) is 0.749. The molecule has 1 heterocycles. The molecule has 6 nitrogen and oxygen atoms in total. The number of aliphatic hydroxyl groups is 1. The van der Waals surface area contributed by atoms with Crippen LogP contribution in [0.15, 0.2) is 22.0 Å². The van der Waals surface area contributed by atoms with Gasteiger partial charge in [-0.3, -0.25) is 4.79 Å². The second-order valence-corrected chi connectivity index (χ2v) is 7.38. The van der Waals surface area contributed by atoms with E-state index in [-0.39, 0.29) is 28.5 Å². The van der Waals surface area contributed by atoms with E-state index in [0.717, 1.165) is 37.9 Å². The number of pyridine rings is 1. The molecule has 1 aliphatic carbocycles. The zero-order valence-electron chi connectivity index (χ0n) is 10.9. The minimum Gasteiger partial charge on any atom is -0.396 e. The van der Waals surface area contributed by atoms with E-state index < -0.39 is 15.6 Å². The number of H-pyrrole nitrogens is 1. The number of hydrogen-bond donors (Lipinski definition) is 3. The van der Waals surface area contributed by atoms with Gasteiger partial charge in [-0.15, -0.1) is 0 Å². The van der Waals surface area contributed by atoms with Crippen LogP contribution in [0, 0.1) is 5.41 Å². The minimum absolute atomic E-state index is 0.0398. The Labute approximate surface area is 122 Å². The Morgan fingerprint density at radius 3 is 2.60 bits per heavy atom. The monoisotopic (exact) mass is 320 g/mol. The van der Waals surface area contributed by atoms with Crippen LogP contribution in [-0.2, 0) is 10.0 Å². The molecule has 1 fully saturated rings. The van der Waals surface area contributed by atoms with Gasteiger partial charge in [0.15, 0.2) is 0 Å². The lowest BCUT2D eigenvalue weighted by molar-refractivity contribution is 0.134. The molecule has 1 aliphatic rings. The summed E-state index contributed by atoms with van der Waals surface area (Å²) in [7, 11) is -3.75. The fraction of sp³-hybridized carbons (Fsp3) is 0.583.